The van der Waals surface area contributed by atoms with E-state index in [1.54, 1.807) is 42.6 Å². The minimum atomic E-state index is 0.0350. The third-order valence-electron chi connectivity index (χ3n) is 4.81. The highest BCUT2D eigenvalue weighted by Gasteiger charge is 2.15. The first-order chi connectivity index (χ1) is 15.0. The molecule has 0 atom stereocenters. The number of rotatable bonds is 6. The van der Waals surface area contributed by atoms with Crippen LogP contribution in [0.5, 0.6) is 11.5 Å². The summed E-state index contributed by atoms with van der Waals surface area (Å²) in [5, 5.41) is 11.3. The van der Waals surface area contributed by atoms with Gasteiger partial charge < -0.3 is 15.6 Å². The zero-order chi connectivity index (χ0) is 21.8. The van der Waals surface area contributed by atoms with Crippen molar-refractivity contribution in [3.63, 3.8) is 0 Å². The van der Waals surface area contributed by atoms with Crippen LogP contribution in [0.15, 0.2) is 79.5 Å². The molecule has 4 rings (SSSR count). The first kappa shape index (κ1) is 20.4. The standard InChI is InChI=1S/C25H20ClN3O2/c1-2-16-3-5-17(6-4-16)15-31-20-11-12-21(23(30)13-20)24-22(14-28-25(27)29-24)18-7-9-19(26)10-8-18/h2-14,30H,1,15H2,(H2,27,28,29). The van der Waals surface area contributed by atoms with Gasteiger partial charge in [-0.2, -0.15) is 0 Å². The highest BCUT2D eigenvalue weighted by molar-refractivity contribution is 6.30. The van der Waals surface area contributed by atoms with Gasteiger partial charge in [-0.1, -0.05) is 60.7 Å². The van der Waals surface area contributed by atoms with E-state index < -0.39 is 0 Å². The molecule has 5 nitrogen and oxygen atoms in total. The van der Waals surface area contributed by atoms with Crippen molar-refractivity contribution >= 4 is 23.6 Å². The largest absolute Gasteiger partial charge is 0.507 e. The summed E-state index contributed by atoms with van der Waals surface area (Å²) in [6.45, 7) is 4.13. The monoisotopic (exact) mass is 429 g/mol. The van der Waals surface area contributed by atoms with Gasteiger partial charge in [0, 0.05) is 28.4 Å². The van der Waals surface area contributed by atoms with Crippen molar-refractivity contribution in [1.29, 1.82) is 0 Å². The number of aromatic nitrogens is 2. The molecular weight excluding hydrogens is 410 g/mol. The van der Waals surface area contributed by atoms with Crippen molar-refractivity contribution in [2.24, 2.45) is 0 Å². The number of nitrogens with zero attached hydrogens (tertiary/aromatic N) is 2. The molecule has 0 saturated heterocycles. The molecule has 0 aliphatic rings. The summed E-state index contributed by atoms with van der Waals surface area (Å²) >= 11 is 6.00. The Morgan fingerprint density at radius 1 is 1.00 bits per heavy atom. The van der Waals surface area contributed by atoms with Crippen LogP contribution in [0, 0.1) is 0 Å². The molecule has 0 spiro atoms. The van der Waals surface area contributed by atoms with Gasteiger partial charge in [0.05, 0.1) is 5.69 Å². The summed E-state index contributed by atoms with van der Waals surface area (Å²) in [5.41, 5.74) is 10.5. The number of ether oxygens (including phenoxy) is 1. The summed E-state index contributed by atoms with van der Waals surface area (Å²) in [5.74, 6) is 0.701. The van der Waals surface area contributed by atoms with Crippen LogP contribution in [0.1, 0.15) is 11.1 Å². The molecule has 0 amide bonds. The van der Waals surface area contributed by atoms with E-state index in [0.29, 0.717) is 28.6 Å². The highest BCUT2D eigenvalue weighted by atomic mass is 35.5. The second kappa shape index (κ2) is 8.90. The topological polar surface area (TPSA) is 81.3 Å². The second-order valence-corrected chi connectivity index (χ2v) is 7.35. The lowest BCUT2D eigenvalue weighted by atomic mass is 10.00. The first-order valence-corrected chi connectivity index (χ1v) is 9.97. The number of anilines is 1. The summed E-state index contributed by atoms with van der Waals surface area (Å²) in [7, 11) is 0. The lowest BCUT2D eigenvalue weighted by Crippen LogP contribution is -1.99. The van der Waals surface area contributed by atoms with E-state index in [1.807, 2.05) is 36.4 Å². The lowest BCUT2D eigenvalue weighted by Gasteiger charge is -2.13. The molecule has 4 aromatic rings. The molecule has 3 N–H and O–H groups in total. The number of hydrogen-bond acceptors (Lipinski definition) is 5. The number of benzene rings is 3. The predicted octanol–water partition coefficient (Wildman–Crippen LogP) is 5.97. The van der Waals surface area contributed by atoms with Crippen molar-refractivity contribution < 1.29 is 9.84 Å². The van der Waals surface area contributed by atoms with E-state index in [1.165, 1.54) is 0 Å². The zero-order valence-corrected chi connectivity index (χ0v) is 17.4. The van der Waals surface area contributed by atoms with Crippen LogP contribution in [-0.4, -0.2) is 15.1 Å². The lowest BCUT2D eigenvalue weighted by molar-refractivity contribution is 0.304. The van der Waals surface area contributed by atoms with Gasteiger partial charge in [0.1, 0.15) is 18.1 Å². The molecule has 154 valence electrons. The highest BCUT2D eigenvalue weighted by Crippen LogP contribution is 2.37. The number of nitrogen functional groups attached to an aromatic ring is 1. The molecule has 1 heterocycles. The van der Waals surface area contributed by atoms with Crippen LogP contribution in [0.3, 0.4) is 0 Å². The van der Waals surface area contributed by atoms with Crippen molar-refractivity contribution in [3.05, 3.63) is 95.7 Å². The second-order valence-electron chi connectivity index (χ2n) is 6.91. The minimum absolute atomic E-state index is 0.0350. The average molecular weight is 430 g/mol. The Kier molecular flexibility index (Phi) is 5.87. The van der Waals surface area contributed by atoms with Gasteiger partial charge in [-0.3, -0.25) is 0 Å². The van der Waals surface area contributed by atoms with Gasteiger partial charge in [0.2, 0.25) is 5.95 Å². The van der Waals surface area contributed by atoms with Crippen molar-refractivity contribution in [3.8, 4) is 33.9 Å². The SMILES string of the molecule is C=Cc1ccc(COc2ccc(-c3nc(N)ncc3-c3ccc(Cl)cc3)c(O)c2)cc1. The quantitative estimate of drug-likeness (QED) is 0.394. The average Bonchev–Trinajstić information content (AvgIpc) is 2.79. The number of phenolic OH excluding ortho intramolecular Hbond substituents is 1. The van der Waals surface area contributed by atoms with Gasteiger partial charge in [-0.15, -0.1) is 0 Å². The molecular formula is C25H20ClN3O2. The molecule has 0 radical (unpaired) electrons. The summed E-state index contributed by atoms with van der Waals surface area (Å²) in [6.07, 6.45) is 3.43. The third kappa shape index (κ3) is 4.68. The van der Waals surface area contributed by atoms with Crippen molar-refractivity contribution in [2.75, 3.05) is 5.73 Å². The molecule has 0 bridgehead atoms. The van der Waals surface area contributed by atoms with E-state index >= 15 is 0 Å². The molecule has 3 aromatic carbocycles. The fourth-order valence-electron chi connectivity index (χ4n) is 3.16. The van der Waals surface area contributed by atoms with Gasteiger partial charge in [0.25, 0.3) is 0 Å². The van der Waals surface area contributed by atoms with Gasteiger partial charge in [-0.25, -0.2) is 9.97 Å². The van der Waals surface area contributed by atoms with E-state index in [2.05, 4.69) is 16.5 Å². The number of halogens is 1. The van der Waals surface area contributed by atoms with Crippen LogP contribution in [0.25, 0.3) is 28.5 Å². The molecule has 1 aromatic heterocycles. The van der Waals surface area contributed by atoms with Crippen LogP contribution < -0.4 is 10.5 Å². The Morgan fingerprint density at radius 2 is 1.74 bits per heavy atom. The fraction of sp³-hybridized carbons (Fsp3) is 0.0400. The van der Waals surface area contributed by atoms with E-state index in [0.717, 1.165) is 22.3 Å². The fourth-order valence-corrected chi connectivity index (χ4v) is 3.29. The zero-order valence-electron chi connectivity index (χ0n) is 16.6. The Balaban J connectivity index is 1.61. The number of hydrogen-bond donors (Lipinski definition) is 2. The molecule has 0 aliphatic heterocycles. The van der Waals surface area contributed by atoms with Crippen LogP contribution in [0.2, 0.25) is 5.02 Å². The van der Waals surface area contributed by atoms with E-state index in [9.17, 15) is 5.11 Å². The van der Waals surface area contributed by atoms with Crippen molar-refractivity contribution in [2.45, 2.75) is 6.61 Å². The van der Waals surface area contributed by atoms with Gasteiger partial charge in [-0.05, 0) is 41.0 Å². The minimum Gasteiger partial charge on any atom is -0.507 e. The maximum absolute atomic E-state index is 10.7. The van der Waals surface area contributed by atoms with Crippen LogP contribution in [0.4, 0.5) is 5.95 Å². The Hall–Kier alpha value is -3.83. The maximum Gasteiger partial charge on any atom is 0.220 e. The normalized spacial score (nSPS) is 10.6. The molecule has 6 heteroatoms. The molecule has 0 unspecified atom stereocenters. The molecule has 0 aliphatic carbocycles. The number of nitrogens with two attached hydrogens (primary N) is 1. The molecule has 31 heavy (non-hydrogen) atoms. The number of phenols is 1. The smallest absolute Gasteiger partial charge is 0.220 e. The maximum atomic E-state index is 10.7. The van der Waals surface area contributed by atoms with Crippen LogP contribution in [-0.2, 0) is 6.61 Å². The molecule has 0 saturated carbocycles. The number of aromatic hydroxyl groups is 1. The predicted molar refractivity (Wildman–Crippen MR) is 125 cm³/mol. The third-order valence-corrected chi connectivity index (χ3v) is 5.06. The van der Waals surface area contributed by atoms with E-state index in [-0.39, 0.29) is 11.7 Å². The first-order valence-electron chi connectivity index (χ1n) is 9.59. The van der Waals surface area contributed by atoms with Gasteiger partial charge in [0.15, 0.2) is 0 Å². The van der Waals surface area contributed by atoms with Gasteiger partial charge >= 0.3 is 0 Å². The summed E-state index contributed by atoms with van der Waals surface area (Å²) in [6, 6.07) is 20.3. The summed E-state index contributed by atoms with van der Waals surface area (Å²) < 4.78 is 5.83. The Bertz CT molecular complexity index is 1220. The van der Waals surface area contributed by atoms with E-state index in [4.69, 9.17) is 22.1 Å². The van der Waals surface area contributed by atoms with Crippen molar-refractivity contribution in [1.82, 2.24) is 9.97 Å². The Labute approximate surface area is 185 Å². The molecule has 0 fully saturated rings. The Morgan fingerprint density at radius 3 is 2.42 bits per heavy atom. The van der Waals surface area contributed by atoms with Crippen LogP contribution >= 0.6 is 11.6 Å². The summed E-state index contributed by atoms with van der Waals surface area (Å²) in [4.78, 5) is 8.48.